The third kappa shape index (κ3) is 4.26. The average molecular weight is 381 g/mol. The van der Waals surface area contributed by atoms with Crippen LogP contribution in [0, 0.1) is 5.92 Å². The largest absolute Gasteiger partial charge is 0.334 e. The molecule has 0 unspecified atom stereocenters. The molecule has 1 heterocycles. The van der Waals surface area contributed by atoms with E-state index in [0.29, 0.717) is 4.90 Å². The van der Waals surface area contributed by atoms with E-state index in [4.69, 9.17) is 0 Å². The Labute approximate surface area is 150 Å². The van der Waals surface area contributed by atoms with Gasteiger partial charge in [-0.25, -0.2) is 18.1 Å². The number of nitrogens with zero attached hydrogens (tertiary/aromatic N) is 2. The number of benzene rings is 1. The summed E-state index contributed by atoms with van der Waals surface area (Å²) in [5, 5.41) is 2.41. The first-order valence-electron chi connectivity index (χ1n) is 7.78. The Balaban J connectivity index is 2.10. The molecule has 0 radical (unpaired) electrons. The van der Waals surface area contributed by atoms with Gasteiger partial charge in [0.25, 0.3) is 0 Å². The molecule has 0 spiro atoms. The highest BCUT2D eigenvalue weighted by Crippen LogP contribution is 2.17. The predicted molar refractivity (Wildman–Crippen MR) is 91.8 cm³/mol. The normalized spacial score (nSPS) is 15.2. The summed E-state index contributed by atoms with van der Waals surface area (Å²) in [4.78, 5) is 49.5. The summed E-state index contributed by atoms with van der Waals surface area (Å²) < 4.78 is 23.1. The van der Waals surface area contributed by atoms with E-state index in [-0.39, 0.29) is 23.0 Å². The highest BCUT2D eigenvalue weighted by atomic mass is 32.2. The van der Waals surface area contributed by atoms with E-state index in [9.17, 15) is 27.6 Å². The van der Waals surface area contributed by atoms with Crippen molar-refractivity contribution in [2.24, 2.45) is 5.92 Å². The molecular formula is C16H19N3O6S. The van der Waals surface area contributed by atoms with Crippen molar-refractivity contribution in [3.63, 3.8) is 0 Å². The maximum Gasteiger partial charge on any atom is 0.334 e. The molecule has 1 aliphatic rings. The fourth-order valence-corrected chi connectivity index (χ4v) is 3.03. The second-order valence-electron chi connectivity index (χ2n) is 6.33. The van der Waals surface area contributed by atoms with Gasteiger partial charge in [-0.3, -0.25) is 19.3 Å². The Bertz CT molecular complexity index is 878. The highest BCUT2D eigenvalue weighted by molar-refractivity contribution is 7.90. The van der Waals surface area contributed by atoms with Crippen LogP contribution in [0.4, 0.5) is 10.5 Å². The number of carbonyl (C=O) groups excluding carboxylic acids is 4. The van der Waals surface area contributed by atoms with Crippen LogP contribution in [0.25, 0.3) is 0 Å². The van der Waals surface area contributed by atoms with Gasteiger partial charge in [0.1, 0.15) is 6.54 Å². The third-order valence-corrected chi connectivity index (χ3v) is 4.64. The lowest BCUT2D eigenvalue weighted by molar-refractivity contribution is -0.143. The Morgan fingerprint density at radius 2 is 1.73 bits per heavy atom. The summed E-state index contributed by atoms with van der Waals surface area (Å²) in [5.74, 6) is -2.77. The zero-order valence-corrected chi connectivity index (χ0v) is 15.4. The molecule has 9 nitrogen and oxygen atoms in total. The van der Waals surface area contributed by atoms with Crippen LogP contribution in [-0.4, -0.2) is 61.3 Å². The molecule has 10 heteroatoms. The first kappa shape index (κ1) is 19.6. The van der Waals surface area contributed by atoms with Crippen LogP contribution >= 0.6 is 0 Å². The number of hydrogen-bond donors (Lipinski definition) is 1. The van der Waals surface area contributed by atoms with E-state index in [1.165, 1.54) is 24.3 Å². The van der Waals surface area contributed by atoms with Gasteiger partial charge in [-0.1, -0.05) is 19.9 Å². The highest BCUT2D eigenvalue weighted by Gasteiger charge is 2.45. The number of carbonyl (C=O) groups is 4. The van der Waals surface area contributed by atoms with Gasteiger partial charge in [0, 0.05) is 18.5 Å². The minimum absolute atomic E-state index is 0.0157. The lowest BCUT2D eigenvalue weighted by Crippen LogP contribution is -2.39. The van der Waals surface area contributed by atoms with Gasteiger partial charge in [0.15, 0.2) is 9.84 Å². The number of urea groups is 1. The minimum Gasteiger partial charge on any atom is -0.324 e. The van der Waals surface area contributed by atoms with Gasteiger partial charge in [0.05, 0.1) is 4.90 Å². The molecule has 140 valence electrons. The van der Waals surface area contributed by atoms with Crippen molar-refractivity contribution >= 4 is 39.3 Å². The van der Waals surface area contributed by atoms with Crippen LogP contribution in [-0.2, 0) is 24.2 Å². The van der Waals surface area contributed by atoms with Crippen molar-refractivity contribution in [3.8, 4) is 0 Å². The summed E-state index contributed by atoms with van der Waals surface area (Å²) in [6.07, 6.45) is 1.03. The number of imide groups is 2. The molecule has 0 aliphatic carbocycles. The van der Waals surface area contributed by atoms with E-state index >= 15 is 0 Å². The number of sulfone groups is 1. The van der Waals surface area contributed by atoms with Crippen LogP contribution in [0.1, 0.15) is 13.8 Å². The van der Waals surface area contributed by atoms with E-state index in [2.05, 4.69) is 5.32 Å². The fourth-order valence-electron chi connectivity index (χ4n) is 2.36. The van der Waals surface area contributed by atoms with Gasteiger partial charge in [-0.05, 0) is 24.1 Å². The Morgan fingerprint density at radius 1 is 1.12 bits per heavy atom. The molecule has 1 aliphatic heterocycles. The number of rotatable bonds is 6. The monoisotopic (exact) mass is 381 g/mol. The van der Waals surface area contributed by atoms with Crippen LogP contribution in [0.15, 0.2) is 29.2 Å². The standard InChI is InChI=1S/C16H19N3O6S/c1-10(2)8-18-14(21)15(22)19(16(18)23)9-13(20)17-11-5-4-6-12(7-11)26(3,24)25/h4-7,10H,8-9H2,1-3H3,(H,17,20). The molecule has 1 fully saturated rings. The molecule has 0 atom stereocenters. The zero-order valence-electron chi connectivity index (χ0n) is 14.6. The molecule has 26 heavy (non-hydrogen) atoms. The molecule has 1 N–H and O–H groups in total. The minimum atomic E-state index is -3.45. The van der Waals surface area contributed by atoms with Crippen molar-refractivity contribution in [1.29, 1.82) is 0 Å². The lowest BCUT2D eigenvalue weighted by atomic mass is 10.2. The second-order valence-corrected chi connectivity index (χ2v) is 8.35. The first-order chi connectivity index (χ1) is 12.0. The lowest BCUT2D eigenvalue weighted by Gasteiger charge is -2.16. The van der Waals surface area contributed by atoms with Gasteiger partial charge in [0.2, 0.25) is 5.91 Å². The quantitative estimate of drug-likeness (QED) is 0.565. The average Bonchev–Trinajstić information content (AvgIpc) is 2.72. The van der Waals surface area contributed by atoms with E-state index < -0.39 is 40.1 Å². The topological polar surface area (TPSA) is 121 Å². The van der Waals surface area contributed by atoms with Gasteiger partial charge in [-0.15, -0.1) is 0 Å². The Morgan fingerprint density at radius 3 is 2.31 bits per heavy atom. The van der Waals surface area contributed by atoms with Crippen molar-refractivity contribution in [2.45, 2.75) is 18.7 Å². The van der Waals surface area contributed by atoms with Crippen LogP contribution in [0.5, 0.6) is 0 Å². The van der Waals surface area contributed by atoms with E-state index in [0.717, 1.165) is 11.2 Å². The van der Waals surface area contributed by atoms with Gasteiger partial charge < -0.3 is 5.32 Å². The molecule has 5 amide bonds. The SMILES string of the molecule is CC(C)CN1C(=O)C(=O)N(CC(=O)Nc2cccc(S(C)(=O)=O)c2)C1=O. The van der Waals surface area contributed by atoms with Crippen molar-refractivity contribution in [1.82, 2.24) is 9.80 Å². The first-order valence-corrected chi connectivity index (χ1v) is 9.67. The number of anilines is 1. The summed E-state index contributed by atoms with van der Waals surface area (Å²) in [6, 6.07) is 4.72. The summed E-state index contributed by atoms with van der Waals surface area (Å²) in [7, 11) is -3.45. The van der Waals surface area contributed by atoms with Crippen LogP contribution < -0.4 is 5.32 Å². The maximum atomic E-state index is 12.2. The van der Waals surface area contributed by atoms with Crippen molar-refractivity contribution < 1.29 is 27.6 Å². The summed E-state index contributed by atoms with van der Waals surface area (Å²) in [6.45, 7) is 3.02. The van der Waals surface area contributed by atoms with Crippen LogP contribution in [0.3, 0.4) is 0 Å². The van der Waals surface area contributed by atoms with Gasteiger partial charge in [-0.2, -0.15) is 0 Å². The Kier molecular flexibility index (Phi) is 5.45. The van der Waals surface area contributed by atoms with Crippen molar-refractivity contribution in [2.75, 3.05) is 24.7 Å². The smallest absolute Gasteiger partial charge is 0.324 e. The molecule has 2 rings (SSSR count). The Hall–Kier alpha value is -2.75. The molecule has 1 aromatic rings. The predicted octanol–water partition coefficient (Wildman–Crippen LogP) is 0.475. The van der Waals surface area contributed by atoms with E-state index in [1.54, 1.807) is 13.8 Å². The fraction of sp³-hybridized carbons (Fsp3) is 0.375. The molecule has 1 aromatic carbocycles. The maximum absolute atomic E-state index is 12.2. The third-order valence-electron chi connectivity index (χ3n) is 3.53. The molecule has 1 saturated heterocycles. The number of amides is 5. The molecule has 0 bridgehead atoms. The number of hydrogen-bond acceptors (Lipinski definition) is 6. The van der Waals surface area contributed by atoms with E-state index in [1.807, 2.05) is 0 Å². The molecule has 0 saturated carbocycles. The second kappa shape index (κ2) is 7.24. The molecular weight excluding hydrogens is 362 g/mol. The summed E-state index contributed by atoms with van der Waals surface area (Å²) >= 11 is 0. The van der Waals surface area contributed by atoms with Crippen molar-refractivity contribution in [3.05, 3.63) is 24.3 Å². The zero-order chi connectivity index (χ0) is 19.6. The van der Waals surface area contributed by atoms with Crippen LogP contribution in [0.2, 0.25) is 0 Å². The molecule has 0 aromatic heterocycles. The van der Waals surface area contributed by atoms with Gasteiger partial charge >= 0.3 is 17.8 Å². The summed E-state index contributed by atoms with van der Waals surface area (Å²) in [5.41, 5.74) is 0.197. The number of nitrogens with one attached hydrogen (secondary N) is 1.